The lowest BCUT2D eigenvalue weighted by Crippen LogP contribution is -2.31. The molecular weight excluding hydrogens is 301 g/mol. The largest absolute Gasteiger partial charge is 0.489 e. The number of nitrogens with one attached hydrogen (secondary N) is 1. The molecule has 0 aliphatic rings. The van der Waals surface area contributed by atoms with Crippen molar-refractivity contribution in [1.82, 2.24) is 0 Å². The van der Waals surface area contributed by atoms with Gasteiger partial charge in [0.1, 0.15) is 0 Å². The van der Waals surface area contributed by atoms with Gasteiger partial charge in [0.05, 0.1) is 0 Å². The quantitative estimate of drug-likeness (QED) is 0.647. The summed E-state index contributed by atoms with van der Waals surface area (Å²) in [6, 6.07) is 23.3. The van der Waals surface area contributed by atoms with E-state index in [2.05, 4.69) is 5.32 Å². The van der Waals surface area contributed by atoms with Gasteiger partial charge in [0.15, 0.2) is 0 Å². The van der Waals surface area contributed by atoms with E-state index in [1.165, 1.54) is 0 Å². The van der Waals surface area contributed by atoms with Crippen molar-refractivity contribution in [2.45, 2.75) is 0 Å². The van der Waals surface area contributed by atoms with Gasteiger partial charge in [-0.3, -0.25) is 4.79 Å². The third kappa shape index (κ3) is 3.54. The van der Waals surface area contributed by atoms with Crippen molar-refractivity contribution < 1.29 is 14.8 Å². The van der Waals surface area contributed by atoms with Crippen molar-refractivity contribution in [3.63, 3.8) is 0 Å². The molecule has 0 spiro atoms. The standard InChI is InChI=1S/C19H16BNO3/c22-19(15-6-2-1-3-7-15)21-16-12-10-14(11-13-16)17-8-4-5-9-18(17)20(23)24/h1-13,23-24H,(H,21,22). The molecule has 0 aliphatic carbocycles. The van der Waals surface area contributed by atoms with E-state index in [0.29, 0.717) is 16.7 Å². The Bertz CT molecular complexity index is 833. The van der Waals surface area contributed by atoms with Gasteiger partial charge in [-0.05, 0) is 40.9 Å². The molecule has 1 amide bonds. The zero-order valence-corrected chi connectivity index (χ0v) is 12.9. The summed E-state index contributed by atoms with van der Waals surface area (Å²) in [7, 11) is -1.53. The van der Waals surface area contributed by atoms with E-state index in [-0.39, 0.29) is 5.91 Å². The zero-order valence-electron chi connectivity index (χ0n) is 12.9. The van der Waals surface area contributed by atoms with Gasteiger partial charge in [-0.15, -0.1) is 0 Å². The number of anilines is 1. The maximum absolute atomic E-state index is 12.1. The van der Waals surface area contributed by atoms with Crippen molar-refractivity contribution in [3.8, 4) is 11.1 Å². The van der Waals surface area contributed by atoms with E-state index >= 15 is 0 Å². The predicted octanol–water partition coefficient (Wildman–Crippen LogP) is 2.29. The molecule has 0 aliphatic heterocycles. The van der Waals surface area contributed by atoms with Gasteiger partial charge >= 0.3 is 7.12 Å². The topological polar surface area (TPSA) is 69.6 Å². The van der Waals surface area contributed by atoms with Crippen LogP contribution >= 0.6 is 0 Å². The van der Waals surface area contributed by atoms with Crippen LogP contribution in [0.25, 0.3) is 11.1 Å². The summed E-state index contributed by atoms with van der Waals surface area (Å²) in [5, 5.41) is 21.8. The van der Waals surface area contributed by atoms with E-state index in [0.717, 1.165) is 11.1 Å². The highest BCUT2D eigenvalue weighted by molar-refractivity contribution is 6.60. The molecule has 0 atom stereocenters. The maximum atomic E-state index is 12.1. The molecule has 0 aromatic heterocycles. The monoisotopic (exact) mass is 317 g/mol. The van der Waals surface area contributed by atoms with Crippen molar-refractivity contribution in [2.75, 3.05) is 5.32 Å². The fourth-order valence-electron chi connectivity index (χ4n) is 2.51. The number of carbonyl (C=O) groups excluding carboxylic acids is 1. The lowest BCUT2D eigenvalue weighted by molar-refractivity contribution is 0.102. The van der Waals surface area contributed by atoms with Crippen LogP contribution < -0.4 is 10.8 Å². The zero-order chi connectivity index (χ0) is 16.9. The Hall–Kier alpha value is -2.89. The summed E-state index contributed by atoms with van der Waals surface area (Å²) < 4.78 is 0. The summed E-state index contributed by atoms with van der Waals surface area (Å²) in [6.45, 7) is 0. The van der Waals surface area contributed by atoms with Crippen LogP contribution in [0.2, 0.25) is 0 Å². The molecule has 3 N–H and O–H groups in total. The Balaban J connectivity index is 1.80. The van der Waals surface area contributed by atoms with Gasteiger partial charge < -0.3 is 15.4 Å². The lowest BCUT2D eigenvalue weighted by Gasteiger charge is -2.10. The first kappa shape index (κ1) is 16.0. The average molecular weight is 317 g/mol. The molecule has 0 bridgehead atoms. The molecule has 0 heterocycles. The van der Waals surface area contributed by atoms with Gasteiger partial charge in [0.2, 0.25) is 0 Å². The van der Waals surface area contributed by atoms with Crippen LogP contribution in [0.15, 0.2) is 78.9 Å². The first-order valence-electron chi connectivity index (χ1n) is 7.57. The van der Waals surface area contributed by atoms with Gasteiger partial charge in [0.25, 0.3) is 5.91 Å². The molecule has 3 aromatic rings. The normalized spacial score (nSPS) is 10.2. The van der Waals surface area contributed by atoms with Crippen molar-refractivity contribution in [2.24, 2.45) is 0 Å². The highest BCUT2D eigenvalue weighted by atomic mass is 16.4. The Morgan fingerprint density at radius 3 is 2.08 bits per heavy atom. The average Bonchev–Trinajstić information content (AvgIpc) is 2.63. The molecule has 3 aromatic carbocycles. The number of benzene rings is 3. The van der Waals surface area contributed by atoms with Crippen LogP contribution in [0, 0.1) is 0 Å². The van der Waals surface area contributed by atoms with Crippen molar-refractivity contribution >= 4 is 24.2 Å². The molecule has 0 fully saturated rings. The van der Waals surface area contributed by atoms with Crippen LogP contribution in [0.1, 0.15) is 10.4 Å². The molecule has 3 rings (SSSR count). The summed E-state index contributed by atoms with van der Waals surface area (Å²) in [4.78, 5) is 12.1. The minimum absolute atomic E-state index is 0.172. The summed E-state index contributed by atoms with van der Waals surface area (Å²) in [5.41, 5.74) is 3.30. The summed E-state index contributed by atoms with van der Waals surface area (Å²) in [5.74, 6) is -0.172. The number of carbonyl (C=O) groups is 1. The molecule has 0 unspecified atom stereocenters. The van der Waals surface area contributed by atoms with Crippen molar-refractivity contribution in [3.05, 3.63) is 84.4 Å². The molecule has 5 heteroatoms. The Labute approximate surface area is 140 Å². The molecule has 0 saturated heterocycles. The van der Waals surface area contributed by atoms with E-state index in [4.69, 9.17) is 0 Å². The Kier molecular flexibility index (Phi) is 4.75. The van der Waals surface area contributed by atoms with E-state index in [9.17, 15) is 14.8 Å². The minimum atomic E-state index is -1.53. The lowest BCUT2D eigenvalue weighted by atomic mass is 9.75. The molecular formula is C19H16BNO3. The van der Waals surface area contributed by atoms with E-state index in [1.807, 2.05) is 42.5 Å². The van der Waals surface area contributed by atoms with Crippen LogP contribution in [0.5, 0.6) is 0 Å². The van der Waals surface area contributed by atoms with Crippen molar-refractivity contribution in [1.29, 1.82) is 0 Å². The fourth-order valence-corrected chi connectivity index (χ4v) is 2.51. The number of rotatable bonds is 4. The van der Waals surface area contributed by atoms with Crippen LogP contribution in [0.4, 0.5) is 5.69 Å². The van der Waals surface area contributed by atoms with Crippen LogP contribution in [-0.2, 0) is 0 Å². The summed E-state index contributed by atoms with van der Waals surface area (Å²) >= 11 is 0. The Morgan fingerprint density at radius 2 is 1.42 bits per heavy atom. The van der Waals surface area contributed by atoms with E-state index < -0.39 is 7.12 Å². The molecule has 118 valence electrons. The van der Waals surface area contributed by atoms with Crippen LogP contribution in [0.3, 0.4) is 0 Å². The SMILES string of the molecule is O=C(Nc1ccc(-c2ccccc2B(O)O)cc1)c1ccccc1. The first-order valence-corrected chi connectivity index (χ1v) is 7.57. The highest BCUT2D eigenvalue weighted by Crippen LogP contribution is 2.20. The third-order valence-electron chi connectivity index (χ3n) is 3.73. The second-order valence-electron chi connectivity index (χ2n) is 5.36. The number of amides is 1. The fraction of sp³-hybridized carbons (Fsp3) is 0. The Morgan fingerprint density at radius 1 is 0.792 bits per heavy atom. The molecule has 24 heavy (non-hydrogen) atoms. The van der Waals surface area contributed by atoms with Gasteiger partial charge in [-0.1, -0.05) is 54.6 Å². The molecule has 0 radical (unpaired) electrons. The smallest absolute Gasteiger partial charge is 0.423 e. The second kappa shape index (κ2) is 7.13. The number of hydrogen-bond donors (Lipinski definition) is 3. The van der Waals surface area contributed by atoms with Gasteiger partial charge in [-0.25, -0.2) is 0 Å². The maximum Gasteiger partial charge on any atom is 0.489 e. The minimum Gasteiger partial charge on any atom is -0.423 e. The first-order chi connectivity index (χ1) is 11.6. The van der Waals surface area contributed by atoms with Gasteiger partial charge in [-0.2, -0.15) is 0 Å². The van der Waals surface area contributed by atoms with Gasteiger partial charge in [0, 0.05) is 11.3 Å². The number of hydrogen-bond acceptors (Lipinski definition) is 3. The highest BCUT2D eigenvalue weighted by Gasteiger charge is 2.16. The van der Waals surface area contributed by atoms with E-state index in [1.54, 1.807) is 36.4 Å². The molecule has 0 saturated carbocycles. The second-order valence-corrected chi connectivity index (χ2v) is 5.36. The van der Waals surface area contributed by atoms with Crippen LogP contribution in [-0.4, -0.2) is 23.1 Å². The predicted molar refractivity (Wildman–Crippen MR) is 96.1 cm³/mol. The molecule has 4 nitrogen and oxygen atoms in total. The summed E-state index contributed by atoms with van der Waals surface area (Å²) in [6.07, 6.45) is 0. The third-order valence-corrected chi connectivity index (χ3v) is 3.73.